The van der Waals surface area contributed by atoms with E-state index in [2.05, 4.69) is 21.4 Å². The highest BCUT2D eigenvalue weighted by atomic mass is 79.9. The molecular weight excluding hydrogens is 310 g/mol. The van der Waals surface area contributed by atoms with Crippen LogP contribution in [-0.4, -0.2) is 13.0 Å². The minimum atomic E-state index is -0.464. The first-order chi connectivity index (χ1) is 8.84. The minimum absolute atomic E-state index is 0.114. The predicted octanol–water partition coefficient (Wildman–Crippen LogP) is 1.76. The van der Waals surface area contributed by atoms with Crippen molar-refractivity contribution in [3.05, 3.63) is 26.7 Å². The minimum Gasteiger partial charge on any atom is -0.496 e. The Bertz CT molecular complexity index is 503. The van der Waals surface area contributed by atoms with E-state index >= 15 is 0 Å². The summed E-state index contributed by atoms with van der Waals surface area (Å²) < 4.78 is 6.46. The van der Waals surface area contributed by atoms with Gasteiger partial charge in [0.1, 0.15) is 5.75 Å². The molecule has 0 heterocycles. The molecule has 1 atom stereocenters. The van der Waals surface area contributed by atoms with Gasteiger partial charge >= 0.3 is 0 Å². The van der Waals surface area contributed by atoms with Gasteiger partial charge in [-0.25, -0.2) is 5.84 Å². The normalized spacial score (nSPS) is 12.2. The molecule has 0 aromatic heterocycles. The number of methoxy groups -OCH3 is 1. The SMILES string of the molecule is COc1c(C)c(C)c(Br)c(C)c1C(N)CC(=O)NN. The molecule has 0 radical (unpaired) electrons. The maximum absolute atomic E-state index is 11.4. The summed E-state index contributed by atoms with van der Waals surface area (Å²) >= 11 is 3.56. The van der Waals surface area contributed by atoms with E-state index in [-0.39, 0.29) is 12.3 Å². The van der Waals surface area contributed by atoms with Gasteiger partial charge in [-0.05, 0) is 37.5 Å². The number of halogens is 1. The number of nitrogens with one attached hydrogen (secondary N) is 1. The molecule has 0 aliphatic heterocycles. The fourth-order valence-electron chi connectivity index (χ4n) is 2.18. The summed E-state index contributed by atoms with van der Waals surface area (Å²) in [6.45, 7) is 5.93. The zero-order chi connectivity index (χ0) is 14.7. The van der Waals surface area contributed by atoms with Crippen molar-refractivity contribution in [2.45, 2.75) is 33.2 Å². The van der Waals surface area contributed by atoms with Gasteiger partial charge in [0.15, 0.2) is 0 Å². The van der Waals surface area contributed by atoms with Gasteiger partial charge < -0.3 is 10.5 Å². The number of hydrogen-bond acceptors (Lipinski definition) is 4. The third-order valence-electron chi connectivity index (χ3n) is 3.35. The van der Waals surface area contributed by atoms with Crippen LogP contribution >= 0.6 is 15.9 Å². The van der Waals surface area contributed by atoms with Crippen molar-refractivity contribution >= 4 is 21.8 Å². The van der Waals surface area contributed by atoms with E-state index in [4.69, 9.17) is 16.3 Å². The van der Waals surface area contributed by atoms with E-state index in [0.717, 1.165) is 32.5 Å². The summed E-state index contributed by atoms with van der Waals surface area (Å²) in [5.41, 5.74) is 12.1. The molecule has 0 spiro atoms. The molecule has 0 aliphatic rings. The molecule has 0 saturated carbocycles. The number of hydrogen-bond donors (Lipinski definition) is 3. The maximum atomic E-state index is 11.4. The lowest BCUT2D eigenvalue weighted by Crippen LogP contribution is -2.33. The lowest BCUT2D eigenvalue weighted by atomic mass is 9.93. The fourth-order valence-corrected chi connectivity index (χ4v) is 2.69. The fraction of sp³-hybridized carbons (Fsp3) is 0.462. The first-order valence-corrected chi connectivity index (χ1v) is 6.72. The molecule has 0 fully saturated rings. The second-order valence-corrected chi connectivity index (χ2v) is 5.31. The highest BCUT2D eigenvalue weighted by molar-refractivity contribution is 9.10. The number of amides is 1. The van der Waals surface area contributed by atoms with Gasteiger partial charge in [-0.3, -0.25) is 10.2 Å². The van der Waals surface area contributed by atoms with Crippen LogP contribution in [0.1, 0.15) is 34.7 Å². The molecule has 0 saturated heterocycles. The third kappa shape index (κ3) is 3.08. The molecule has 0 aliphatic carbocycles. The standard InChI is InChI=1S/C13H20BrN3O2/c1-6-7(2)13(19-4)11(8(3)12(6)14)9(15)5-10(18)17-16/h9H,5,15-16H2,1-4H3,(H,17,18). The van der Waals surface area contributed by atoms with Crippen molar-refractivity contribution in [1.82, 2.24) is 5.43 Å². The lowest BCUT2D eigenvalue weighted by molar-refractivity contribution is -0.121. The highest BCUT2D eigenvalue weighted by Gasteiger charge is 2.22. The molecule has 106 valence electrons. The molecule has 1 aromatic carbocycles. The topological polar surface area (TPSA) is 90.4 Å². The van der Waals surface area contributed by atoms with Crippen LogP contribution in [0.3, 0.4) is 0 Å². The third-order valence-corrected chi connectivity index (χ3v) is 4.54. The van der Waals surface area contributed by atoms with Crippen molar-refractivity contribution in [3.8, 4) is 5.75 Å². The van der Waals surface area contributed by atoms with Crippen molar-refractivity contribution < 1.29 is 9.53 Å². The molecule has 0 bridgehead atoms. The van der Waals surface area contributed by atoms with Crippen LogP contribution in [0.4, 0.5) is 0 Å². The largest absolute Gasteiger partial charge is 0.496 e. The van der Waals surface area contributed by atoms with E-state index in [1.54, 1.807) is 7.11 Å². The molecule has 6 heteroatoms. The zero-order valence-electron chi connectivity index (χ0n) is 11.6. The Hall–Kier alpha value is -1.11. The number of carbonyl (C=O) groups excluding carboxylic acids is 1. The quantitative estimate of drug-likeness (QED) is 0.446. The number of nitrogens with two attached hydrogens (primary N) is 2. The predicted molar refractivity (Wildman–Crippen MR) is 78.8 cm³/mol. The molecule has 1 unspecified atom stereocenters. The number of benzene rings is 1. The number of rotatable bonds is 4. The van der Waals surface area contributed by atoms with Crippen LogP contribution < -0.4 is 21.7 Å². The molecule has 5 nitrogen and oxygen atoms in total. The van der Waals surface area contributed by atoms with E-state index < -0.39 is 6.04 Å². The summed E-state index contributed by atoms with van der Waals surface area (Å²) in [6, 6.07) is -0.464. The van der Waals surface area contributed by atoms with E-state index in [0.29, 0.717) is 0 Å². The van der Waals surface area contributed by atoms with E-state index in [9.17, 15) is 4.79 Å². The van der Waals surface area contributed by atoms with Crippen LogP contribution in [0.25, 0.3) is 0 Å². The van der Waals surface area contributed by atoms with Crippen LogP contribution in [-0.2, 0) is 4.79 Å². The van der Waals surface area contributed by atoms with Crippen LogP contribution in [0.15, 0.2) is 4.47 Å². The van der Waals surface area contributed by atoms with Gasteiger partial charge in [0.05, 0.1) is 7.11 Å². The van der Waals surface area contributed by atoms with Gasteiger partial charge in [0, 0.05) is 22.5 Å². The van der Waals surface area contributed by atoms with Gasteiger partial charge in [-0.15, -0.1) is 0 Å². The van der Waals surface area contributed by atoms with Crippen LogP contribution in [0.5, 0.6) is 5.75 Å². The van der Waals surface area contributed by atoms with Crippen molar-refractivity contribution in [3.63, 3.8) is 0 Å². The summed E-state index contributed by atoms with van der Waals surface area (Å²) in [4.78, 5) is 11.4. The van der Waals surface area contributed by atoms with E-state index in [1.165, 1.54) is 0 Å². The smallest absolute Gasteiger partial charge is 0.235 e. The Morgan fingerprint density at radius 3 is 2.37 bits per heavy atom. The number of hydrazine groups is 1. The highest BCUT2D eigenvalue weighted by Crippen LogP contribution is 2.39. The molecule has 1 amide bonds. The first kappa shape index (κ1) is 15.9. The number of ether oxygens (including phenoxy) is 1. The molecular formula is C13H20BrN3O2. The Balaban J connectivity index is 3.37. The zero-order valence-corrected chi connectivity index (χ0v) is 13.2. The van der Waals surface area contributed by atoms with Crippen molar-refractivity contribution in [2.75, 3.05) is 7.11 Å². The average molecular weight is 330 g/mol. The second-order valence-electron chi connectivity index (χ2n) is 4.51. The number of carbonyl (C=O) groups is 1. The van der Waals surface area contributed by atoms with Crippen molar-refractivity contribution in [2.24, 2.45) is 11.6 Å². The monoisotopic (exact) mass is 329 g/mol. The first-order valence-electron chi connectivity index (χ1n) is 5.93. The van der Waals surface area contributed by atoms with Gasteiger partial charge in [-0.1, -0.05) is 15.9 Å². The van der Waals surface area contributed by atoms with Crippen LogP contribution in [0.2, 0.25) is 0 Å². The van der Waals surface area contributed by atoms with Crippen molar-refractivity contribution in [1.29, 1.82) is 0 Å². The summed E-state index contributed by atoms with van der Waals surface area (Å²) in [7, 11) is 1.61. The summed E-state index contributed by atoms with van der Waals surface area (Å²) in [5.74, 6) is 5.52. The van der Waals surface area contributed by atoms with Crippen LogP contribution in [0, 0.1) is 20.8 Å². The Morgan fingerprint density at radius 1 is 1.32 bits per heavy atom. The summed E-state index contributed by atoms with van der Waals surface area (Å²) in [5, 5.41) is 0. The molecule has 1 aromatic rings. The Morgan fingerprint density at radius 2 is 1.89 bits per heavy atom. The van der Waals surface area contributed by atoms with Gasteiger partial charge in [0.25, 0.3) is 0 Å². The summed E-state index contributed by atoms with van der Waals surface area (Å²) in [6.07, 6.45) is 0.114. The van der Waals surface area contributed by atoms with E-state index in [1.807, 2.05) is 20.8 Å². The second kappa shape index (κ2) is 6.36. The van der Waals surface area contributed by atoms with Gasteiger partial charge in [-0.2, -0.15) is 0 Å². The Labute approximate surface area is 121 Å². The van der Waals surface area contributed by atoms with Gasteiger partial charge in [0.2, 0.25) is 5.91 Å². The molecule has 1 rings (SSSR count). The molecule has 5 N–H and O–H groups in total. The lowest BCUT2D eigenvalue weighted by Gasteiger charge is -2.22. The average Bonchev–Trinajstić information content (AvgIpc) is 2.39. The maximum Gasteiger partial charge on any atom is 0.235 e. The molecule has 19 heavy (non-hydrogen) atoms. The Kier molecular flexibility index (Phi) is 5.34.